The van der Waals surface area contributed by atoms with Crippen LogP contribution in [0.1, 0.15) is 23.8 Å². The van der Waals surface area contributed by atoms with Gasteiger partial charge >= 0.3 is 0 Å². The minimum atomic E-state index is -0.149. The van der Waals surface area contributed by atoms with E-state index in [1.807, 2.05) is 13.8 Å². The van der Waals surface area contributed by atoms with Gasteiger partial charge in [-0.1, -0.05) is 6.92 Å². The van der Waals surface area contributed by atoms with Gasteiger partial charge in [0.1, 0.15) is 17.4 Å². The quantitative estimate of drug-likeness (QED) is 0.838. The molecule has 0 aliphatic carbocycles. The van der Waals surface area contributed by atoms with Crippen LogP contribution in [0.2, 0.25) is 0 Å². The third kappa shape index (κ3) is 2.84. The summed E-state index contributed by atoms with van der Waals surface area (Å²) in [6.07, 6.45) is 0. The van der Waals surface area contributed by atoms with Crippen molar-refractivity contribution in [1.29, 1.82) is 5.26 Å². The van der Waals surface area contributed by atoms with Crippen molar-refractivity contribution in [3.63, 3.8) is 0 Å². The van der Waals surface area contributed by atoms with Gasteiger partial charge in [-0.05, 0) is 20.4 Å². The molecule has 1 amide bonds. The van der Waals surface area contributed by atoms with Gasteiger partial charge in [0.2, 0.25) is 11.8 Å². The van der Waals surface area contributed by atoms with Crippen LogP contribution in [0.3, 0.4) is 0 Å². The molecule has 1 aliphatic rings. The highest BCUT2D eigenvalue weighted by molar-refractivity contribution is 5.92. The van der Waals surface area contributed by atoms with Crippen molar-refractivity contribution in [2.75, 3.05) is 31.5 Å². The van der Waals surface area contributed by atoms with Gasteiger partial charge in [-0.25, -0.2) is 0 Å². The van der Waals surface area contributed by atoms with Gasteiger partial charge in [0.25, 0.3) is 0 Å². The number of nitrogens with one attached hydrogen (secondary N) is 2. The Bertz CT molecular complexity index is 540. The van der Waals surface area contributed by atoms with Crippen LogP contribution in [0.15, 0.2) is 4.42 Å². The molecule has 2 N–H and O–H groups in total. The predicted molar refractivity (Wildman–Crippen MR) is 75.4 cm³/mol. The third-order valence-electron chi connectivity index (χ3n) is 3.78. The summed E-state index contributed by atoms with van der Waals surface area (Å²) >= 11 is 0. The third-order valence-corrected chi connectivity index (χ3v) is 3.78. The van der Waals surface area contributed by atoms with Gasteiger partial charge in [0.05, 0.1) is 6.54 Å². The molecule has 20 heavy (non-hydrogen) atoms. The van der Waals surface area contributed by atoms with E-state index < -0.39 is 0 Å². The highest BCUT2D eigenvalue weighted by atomic mass is 16.4. The average molecular weight is 276 g/mol. The summed E-state index contributed by atoms with van der Waals surface area (Å²) in [5.41, 5.74) is 1.18. The molecule has 2 rings (SSSR count). The maximum absolute atomic E-state index is 12.1. The summed E-state index contributed by atoms with van der Waals surface area (Å²) < 4.78 is 5.44. The van der Waals surface area contributed by atoms with Crippen LogP contribution in [-0.4, -0.2) is 43.0 Å². The van der Waals surface area contributed by atoms with Crippen LogP contribution in [0, 0.1) is 25.2 Å². The molecule has 108 valence electrons. The van der Waals surface area contributed by atoms with E-state index in [0.29, 0.717) is 23.9 Å². The van der Waals surface area contributed by atoms with Gasteiger partial charge in [-0.3, -0.25) is 15.0 Å². The van der Waals surface area contributed by atoms with Gasteiger partial charge in [-0.2, -0.15) is 5.26 Å². The van der Waals surface area contributed by atoms with E-state index in [2.05, 4.69) is 21.6 Å². The minimum Gasteiger partial charge on any atom is -0.444 e. The largest absolute Gasteiger partial charge is 0.444 e. The molecular weight excluding hydrogens is 256 g/mol. The average Bonchev–Trinajstić information content (AvgIpc) is 2.61. The van der Waals surface area contributed by atoms with Crippen molar-refractivity contribution in [2.45, 2.75) is 26.8 Å². The Morgan fingerprint density at radius 3 is 2.75 bits per heavy atom. The molecule has 1 saturated heterocycles. The number of amides is 1. The molecule has 1 aromatic heterocycles. The number of anilines is 1. The SMILES string of the molecule is CCN(CC(=O)Nc1oc(C)c(C)c1C#N)C1CNC1. The Morgan fingerprint density at radius 2 is 2.25 bits per heavy atom. The molecule has 0 radical (unpaired) electrons. The van der Waals surface area contributed by atoms with Crippen molar-refractivity contribution >= 4 is 11.8 Å². The number of likely N-dealkylation sites (N-methyl/N-ethyl adjacent to an activating group) is 1. The van der Waals surface area contributed by atoms with Crippen LogP contribution in [0.5, 0.6) is 0 Å². The Labute approximate surface area is 118 Å². The van der Waals surface area contributed by atoms with E-state index in [9.17, 15) is 4.79 Å². The van der Waals surface area contributed by atoms with E-state index in [0.717, 1.165) is 25.2 Å². The molecule has 6 nitrogen and oxygen atoms in total. The second-order valence-corrected chi connectivity index (χ2v) is 5.02. The zero-order valence-corrected chi connectivity index (χ0v) is 12.1. The lowest BCUT2D eigenvalue weighted by Gasteiger charge is -2.37. The lowest BCUT2D eigenvalue weighted by Crippen LogP contribution is -2.58. The summed E-state index contributed by atoms with van der Waals surface area (Å²) in [6.45, 7) is 8.60. The maximum Gasteiger partial charge on any atom is 0.240 e. The fourth-order valence-corrected chi connectivity index (χ4v) is 2.23. The molecule has 0 bridgehead atoms. The number of hydrogen-bond donors (Lipinski definition) is 2. The van der Waals surface area contributed by atoms with E-state index in [1.165, 1.54) is 0 Å². The summed E-state index contributed by atoms with van der Waals surface area (Å²) in [5, 5.41) is 15.0. The first-order chi connectivity index (χ1) is 9.56. The molecule has 0 spiro atoms. The van der Waals surface area contributed by atoms with E-state index in [-0.39, 0.29) is 11.8 Å². The summed E-state index contributed by atoms with van der Waals surface area (Å²) in [6, 6.07) is 2.49. The summed E-state index contributed by atoms with van der Waals surface area (Å²) in [4.78, 5) is 14.2. The summed E-state index contributed by atoms with van der Waals surface area (Å²) in [5.74, 6) is 0.770. The zero-order valence-electron chi connectivity index (χ0n) is 12.1. The first kappa shape index (κ1) is 14.6. The fourth-order valence-electron chi connectivity index (χ4n) is 2.23. The van der Waals surface area contributed by atoms with Crippen molar-refractivity contribution < 1.29 is 9.21 Å². The number of hydrogen-bond acceptors (Lipinski definition) is 5. The van der Waals surface area contributed by atoms with Crippen LogP contribution in [-0.2, 0) is 4.79 Å². The number of nitriles is 1. The van der Waals surface area contributed by atoms with Crippen molar-refractivity contribution in [1.82, 2.24) is 10.2 Å². The molecule has 1 fully saturated rings. The normalized spacial score (nSPS) is 14.9. The Balaban J connectivity index is 2.01. The molecule has 2 heterocycles. The number of carbonyl (C=O) groups is 1. The first-order valence-electron chi connectivity index (χ1n) is 6.81. The lowest BCUT2D eigenvalue weighted by molar-refractivity contribution is -0.118. The number of rotatable bonds is 5. The van der Waals surface area contributed by atoms with Gasteiger partial charge in [-0.15, -0.1) is 0 Å². The predicted octanol–water partition coefficient (Wildman–Crippen LogP) is 1.00. The van der Waals surface area contributed by atoms with Crippen LogP contribution in [0.4, 0.5) is 5.88 Å². The number of furan rings is 1. The second kappa shape index (κ2) is 6.07. The fraction of sp³-hybridized carbons (Fsp3) is 0.571. The Morgan fingerprint density at radius 1 is 1.55 bits per heavy atom. The van der Waals surface area contributed by atoms with E-state index in [1.54, 1.807) is 6.92 Å². The van der Waals surface area contributed by atoms with Crippen LogP contribution >= 0.6 is 0 Å². The Kier molecular flexibility index (Phi) is 4.42. The van der Waals surface area contributed by atoms with Gasteiger partial charge in [0, 0.05) is 24.7 Å². The van der Waals surface area contributed by atoms with E-state index in [4.69, 9.17) is 9.68 Å². The van der Waals surface area contributed by atoms with Crippen LogP contribution < -0.4 is 10.6 Å². The van der Waals surface area contributed by atoms with E-state index >= 15 is 0 Å². The number of nitrogens with zero attached hydrogens (tertiary/aromatic N) is 2. The van der Waals surface area contributed by atoms with Crippen molar-refractivity contribution in [2.24, 2.45) is 0 Å². The monoisotopic (exact) mass is 276 g/mol. The molecular formula is C14H20N4O2. The smallest absolute Gasteiger partial charge is 0.240 e. The molecule has 6 heteroatoms. The number of carbonyl (C=O) groups excluding carboxylic acids is 1. The summed E-state index contributed by atoms with van der Waals surface area (Å²) in [7, 11) is 0. The van der Waals surface area contributed by atoms with Crippen molar-refractivity contribution in [3.8, 4) is 6.07 Å². The molecule has 0 aromatic carbocycles. The second-order valence-electron chi connectivity index (χ2n) is 5.02. The first-order valence-corrected chi connectivity index (χ1v) is 6.81. The minimum absolute atomic E-state index is 0.149. The standard InChI is InChI=1S/C14H20N4O2/c1-4-18(11-6-16-7-11)8-13(19)17-14-12(5-15)9(2)10(3)20-14/h11,16H,4,6-8H2,1-3H3,(H,17,19). The maximum atomic E-state index is 12.1. The van der Waals surface area contributed by atoms with Crippen LogP contribution in [0.25, 0.3) is 0 Å². The Hall–Kier alpha value is -1.84. The topological polar surface area (TPSA) is 81.3 Å². The molecule has 0 saturated carbocycles. The van der Waals surface area contributed by atoms with Crippen molar-refractivity contribution in [3.05, 3.63) is 16.9 Å². The zero-order chi connectivity index (χ0) is 14.7. The van der Waals surface area contributed by atoms with Gasteiger partial charge in [0.15, 0.2) is 0 Å². The highest BCUT2D eigenvalue weighted by Crippen LogP contribution is 2.25. The molecule has 1 aromatic rings. The number of aryl methyl sites for hydroxylation is 1. The van der Waals surface area contributed by atoms with Gasteiger partial charge < -0.3 is 9.73 Å². The molecule has 1 aliphatic heterocycles. The molecule has 0 atom stereocenters. The lowest BCUT2D eigenvalue weighted by atomic mass is 10.1. The molecule has 0 unspecified atom stereocenters. The highest BCUT2D eigenvalue weighted by Gasteiger charge is 2.25.